The van der Waals surface area contributed by atoms with E-state index in [1.165, 1.54) is 17.0 Å². The van der Waals surface area contributed by atoms with E-state index in [0.717, 1.165) is 53.4 Å². The van der Waals surface area contributed by atoms with Gasteiger partial charge in [-0.2, -0.15) is 0 Å². The van der Waals surface area contributed by atoms with Gasteiger partial charge >= 0.3 is 0 Å². The van der Waals surface area contributed by atoms with Gasteiger partial charge in [-0.3, -0.25) is 13.9 Å². The molecule has 2 aromatic carbocycles. The minimum atomic E-state index is -3.92. The van der Waals surface area contributed by atoms with Crippen LogP contribution in [0.3, 0.4) is 0 Å². The molecule has 0 spiro atoms. The Balaban J connectivity index is 1.92. The van der Waals surface area contributed by atoms with Crippen molar-refractivity contribution < 1.29 is 22.4 Å². The Hall–Kier alpha value is -2.65. The highest BCUT2D eigenvalue weighted by Gasteiger charge is 2.33. The summed E-state index contributed by atoms with van der Waals surface area (Å²) in [5.41, 5.74) is 1.94. The number of nitrogens with zero attached hydrogens (tertiary/aromatic N) is 2. The van der Waals surface area contributed by atoms with Gasteiger partial charge in [-0.15, -0.1) is 0 Å². The van der Waals surface area contributed by atoms with E-state index in [9.17, 15) is 22.4 Å². The molecule has 1 aliphatic carbocycles. The van der Waals surface area contributed by atoms with Gasteiger partial charge in [0.25, 0.3) is 0 Å². The average Bonchev–Trinajstić information content (AvgIpc) is 3.32. The lowest BCUT2D eigenvalue weighted by molar-refractivity contribution is -0.140. The summed E-state index contributed by atoms with van der Waals surface area (Å²) in [4.78, 5) is 28.4. The number of sulfonamides is 1. The second kappa shape index (κ2) is 12.1. The Kier molecular flexibility index (Phi) is 9.35. The van der Waals surface area contributed by atoms with Crippen molar-refractivity contribution in [1.82, 2.24) is 10.2 Å². The molecule has 0 saturated heterocycles. The zero-order valence-corrected chi connectivity index (χ0v) is 22.4. The topological polar surface area (TPSA) is 86.8 Å². The van der Waals surface area contributed by atoms with Crippen molar-refractivity contribution in [2.75, 3.05) is 17.1 Å². The van der Waals surface area contributed by atoms with Crippen LogP contribution in [-0.2, 0) is 26.2 Å². The first kappa shape index (κ1) is 27.9. The molecule has 0 aliphatic heterocycles. The monoisotopic (exact) mass is 537 g/mol. The largest absolute Gasteiger partial charge is 0.352 e. The molecular weight excluding hydrogens is 505 g/mol. The summed E-state index contributed by atoms with van der Waals surface area (Å²) in [5, 5.41) is 2.81. The molecule has 196 valence electrons. The minimum Gasteiger partial charge on any atom is -0.352 e. The molecular formula is C26H33ClFN3O4S. The molecule has 0 radical (unpaired) electrons. The van der Waals surface area contributed by atoms with Gasteiger partial charge in [0.1, 0.15) is 18.4 Å². The molecule has 10 heteroatoms. The summed E-state index contributed by atoms with van der Waals surface area (Å²) in [6, 6.07) is 10.4. The summed E-state index contributed by atoms with van der Waals surface area (Å²) in [7, 11) is -3.92. The van der Waals surface area contributed by atoms with Crippen molar-refractivity contribution in [2.45, 2.75) is 64.6 Å². The molecule has 0 bridgehead atoms. The predicted molar refractivity (Wildman–Crippen MR) is 140 cm³/mol. The van der Waals surface area contributed by atoms with Crippen LogP contribution >= 0.6 is 11.6 Å². The van der Waals surface area contributed by atoms with Crippen LogP contribution in [0.2, 0.25) is 5.02 Å². The Labute approximate surface area is 217 Å². The first-order valence-electron chi connectivity index (χ1n) is 12.1. The number of aryl methyl sites for hydroxylation is 1. The van der Waals surface area contributed by atoms with Crippen molar-refractivity contribution in [1.29, 1.82) is 0 Å². The number of hydrogen-bond donors (Lipinski definition) is 1. The van der Waals surface area contributed by atoms with E-state index >= 15 is 0 Å². The van der Waals surface area contributed by atoms with Crippen LogP contribution in [-0.4, -0.2) is 50.0 Å². The standard InChI is InChI=1S/C26H33ClFN3O4S/c1-4-24(26(33)29-20-7-5-6-8-20)30(16-19-11-9-18(2)10-12-19)25(32)17-31(36(3,34)35)21-13-14-23(28)22(27)15-21/h9-15,20,24H,4-8,16-17H2,1-3H3,(H,29,33)/t24-/m0/s1. The maximum absolute atomic E-state index is 13.7. The van der Waals surface area contributed by atoms with Gasteiger partial charge in [-0.25, -0.2) is 12.8 Å². The summed E-state index contributed by atoms with van der Waals surface area (Å²) >= 11 is 5.88. The van der Waals surface area contributed by atoms with Crippen LogP contribution < -0.4 is 9.62 Å². The number of benzene rings is 2. The van der Waals surface area contributed by atoms with Crippen LogP contribution in [0.25, 0.3) is 0 Å². The zero-order valence-electron chi connectivity index (χ0n) is 20.8. The summed E-state index contributed by atoms with van der Waals surface area (Å²) in [5.74, 6) is -1.49. The lowest BCUT2D eigenvalue weighted by atomic mass is 10.1. The van der Waals surface area contributed by atoms with Gasteiger partial charge in [0.15, 0.2) is 0 Å². The molecule has 1 atom stereocenters. The quantitative estimate of drug-likeness (QED) is 0.486. The van der Waals surface area contributed by atoms with Crippen molar-refractivity contribution in [3.05, 3.63) is 64.4 Å². The molecule has 1 fully saturated rings. The SMILES string of the molecule is CC[C@@H](C(=O)NC1CCCC1)N(Cc1ccc(C)cc1)C(=O)CN(c1ccc(F)c(Cl)c1)S(C)(=O)=O. The van der Waals surface area contributed by atoms with Crippen molar-refractivity contribution in [3.63, 3.8) is 0 Å². The molecule has 3 rings (SSSR count). The average molecular weight is 538 g/mol. The molecule has 36 heavy (non-hydrogen) atoms. The fourth-order valence-corrected chi connectivity index (χ4v) is 5.45. The number of halogens is 2. The number of carbonyl (C=O) groups is 2. The maximum atomic E-state index is 13.7. The number of anilines is 1. The molecule has 2 aromatic rings. The predicted octanol–water partition coefficient (Wildman–Crippen LogP) is 4.42. The third-order valence-corrected chi connectivity index (χ3v) is 7.86. The number of amides is 2. The molecule has 0 unspecified atom stereocenters. The summed E-state index contributed by atoms with van der Waals surface area (Å²) in [6.07, 6.45) is 5.24. The Morgan fingerprint density at radius 1 is 1.14 bits per heavy atom. The first-order valence-corrected chi connectivity index (χ1v) is 14.3. The third kappa shape index (κ3) is 7.20. The van der Waals surface area contributed by atoms with Gasteiger partial charge in [0, 0.05) is 12.6 Å². The van der Waals surface area contributed by atoms with Crippen molar-refractivity contribution in [3.8, 4) is 0 Å². The Bertz CT molecular complexity index is 1180. The minimum absolute atomic E-state index is 0.0657. The highest BCUT2D eigenvalue weighted by Crippen LogP contribution is 2.25. The van der Waals surface area contributed by atoms with Gasteiger partial charge in [-0.05, 0) is 49.9 Å². The fourth-order valence-electron chi connectivity index (χ4n) is 4.43. The normalized spacial score (nSPS) is 14.9. The zero-order chi connectivity index (χ0) is 26.5. The van der Waals surface area contributed by atoms with Gasteiger partial charge in [0.2, 0.25) is 21.8 Å². The van der Waals surface area contributed by atoms with Gasteiger partial charge in [-0.1, -0.05) is 61.2 Å². The van der Waals surface area contributed by atoms with Crippen molar-refractivity contribution in [2.24, 2.45) is 0 Å². The summed E-state index contributed by atoms with van der Waals surface area (Å²) in [6.45, 7) is 3.36. The van der Waals surface area contributed by atoms with Crippen LogP contribution in [0, 0.1) is 12.7 Å². The number of rotatable bonds is 10. The Morgan fingerprint density at radius 3 is 2.33 bits per heavy atom. The third-order valence-electron chi connectivity index (χ3n) is 6.43. The second-order valence-corrected chi connectivity index (χ2v) is 11.6. The van der Waals surface area contributed by atoms with E-state index in [-0.39, 0.29) is 29.2 Å². The molecule has 7 nitrogen and oxygen atoms in total. The Morgan fingerprint density at radius 2 is 1.78 bits per heavy atom. The molecule has 0 heterocycles. The van der Waals surface area contributed by atoms with E-state index in [4.69, 9.17) is 11.6 Å². The molecule has 1 N–H and O–H groups in total. The van der Waals surface area contributed by atoms with Crippen molar-refractivity contribution >= 4 is 39.1 Å². The van der Waals surface area contributed by atoms with Crippen LogP contribution in [0.1, 0.15) is 50.2 Å². The van der Waals surface area contributed by atoms with Crippen LogP contribution in [0.15, 0.2) is 42.5 Å². The van der Waals surface area contributed by atoms with E-state index in [1.54, 1.807) is 0 Å². The first-order chi connectivity index (χ1) is 17.0. The van der Waals surface area contributed by atoms with Crippen LogP contribution in [0.4, 0.5) is 10.1 Å². The molecule has 1 aliphatic rings. The molecule has 0 aromatic heterocycles. The van der Waals surface area contributed by atoms with Gasteiger partial charge in [0.05, 0.1) is 17.0 Å². The number of carbonyl (C=O) groups excluding carboxylic acids is 2. The lowest BCUT2D eigenvalue weighted by Crippen LogP contribution is -2.53. The van der Waals surface area contributed by atoms with E-state index in [0.29, 0.717) is 6.42 Å². The highest BCUT2D eigenvalue weighted by atomic mass is 35.5. The molecule has 1 saturated carbocycles. The van der Waals surface area contributed by atoms with E-state index in [2.05, 4.69) is 5.32 Å². The molecule has 2 amide bonds. The summed E-state index contributed by atoms with van der Waals surface area (Å²) < 4.78 is 39.8. The second-order valence-electron chi connectivity index (χ2n) is 9.29. The number of hydrogen-bond acceptors (Lipinski definition) is 4. The number of nitrogens with one attached hydrogen (secondary N) is 1. The lowest BCUT2D eigenvalue weighted by Gasteiger charge is -2.33. The van der Waals surface area contributed by atoms with Crippen LogP contribution in [0.5, 0.6) is 0 Å². The highest BCUT2D eigenvalue weighted by molar-refractivity contribution is 7.92. The van der Waals surface area contributed by atoms with E-state index in [1.807, 2.05) is 38.1 Å². The van der Waals surface area contributed by atoms with E-state index < -0.39 is 34.3 Å². The fraction of sp³-hybridized carbons (Fsp3) is 0.462. The van der Waals surface area contributed by atoms with Gasteiger partial charge < -0.3 is 10.2 Å². The maximum Gasteiger partial charge on any atom is 0.244 e. The smallest absolute Gasteiger partial charge is 0.244 e.